The maximum Gasteiger partial charge on any atom is 0.355 e. The molecule has 0 fully saturated rings. The van der Waals surface area contributed by atoms with E-state index in [4.69, 9.17) is 4.74 Å². The molecule has 0 aliphatic carbocycles. The van der Waals surface area contributed by atoms with Crippen LogP contribution in [0.2, 0.25) is 0 Å². The topological polar surface area (TPSA) is 63.7 Å². The number of rotatable bonds is 4. The summed E-state index contributed by atoms with van der Waals surface area (Å²) in [5.74, 6) is -1.95. The molecular weight excluding hydrogens is 246 g/mol. The van der Waals surface area contributed by atoms with Crippen molar-refractivity contribution in [3.05, 3.63) is 48.2 Å². The summed E-state index contributed by atoms with van der Waals surface area (Å²) >= 11 is 0. The molecule has 1 aromatic rings. The van der Waals surface area contributed by atoms with Crippen LogP contribution in [0.5, 0.6) is 0 Å². The van der Waals surface area contributed by atoms with E-state index in [0.717, 1.165) is 5.56 Å². The third-order valence-corrected chi connectivity index (χ3v) is 2.35. The van der Waals surface area contributed by atoms with Crippen molar-refractivity contribution in [1.29, 1.82) is 0 Å². The number of benzene rings is 1. The third-order valence-electron chi connectivity index (χ3n) is 2.35. The molecule has 0 aliphatic rings. The smallest absolute Gasteiger partial charge is 0.355 e. The van der Waals surface area contributed by atoms with Gasteiger partial charge in [-0.25, -0.2) is 9.69 Å². The molecule has 0 unspecified atom stereocenters. The van der Waals surface area contributed by atoms with Gasteiger partial charge in [0, 0.05) is 13.8 Å². The van der Waals surface area contributed by atoms with Gasteiger partial charge in [0.25, 0.3) is 0 Å². The summed E-state index contributed by atoms with van der Waals surface area (Å²) in [5.41, 5.74) is 0.525. The Balaban J connectivity index is 2.65. The van der Waals surface area contributed by atoms with Crippen molar-refractivity contribution < 1.29 is 19.1 Å². The van der Waals surface area contributed by atoms with Gasteiger partial charge in [0.05, 0.1) is 0 Å². The fraction of sp³-hybridized carbons (Fsp3) is 0.214. The molecule has 0 bridgehead atoms. The molecule has 0 spiro atoms. The van der Waals surface area contributed by atoms with E-state index in [0.29, 0.717) is 4.90 Å². The Labute approximate surface area is 111 Å². The molecule has 0 saturated heterocycles. The quantitative estimate of drug-likeness (QED) is 0.610. The Hall–Kier alpha value is -2.43. The zero-order valence-electron chi connectivity index (χ0n) is 10.9. The van der Waals surface area contributed by atoms with Gasteiger partial charge < -0.3 is 4.74 Å². The monoisotopic (exact) mass is 261 g/mol. The van der Waals surface area contributed by atoms with Crippen LogP contribution in [0.4, 0.5) is 0 Å². The molecule has 5 nitrogen and oxygen atoms in total. The van der Waals surface area contributed by atoms with Crippen molar-refractivity contribution in [1.82, 2.24) is 4.90 Å². The Morgan fingerprint density at radius 1 is 1.11 bits per heavy atom. The highest BCUT2D eigenvalue weighted by Gasteiger charge is 2.23. The summed E-state index contributed by atoms with van der Waals surface area (Å²) in [6.07, 6.45) is 0. The van der Waals surface area contributed by atoms with Gasteiger partial charge in [0.15, 0.2) is 0 Å². The number of carbonyl (C=O) groups excluding carboxylic acids is 3. The highest BCUT2D eigenvalue weighted by Crippen LogP contribution is 2.08. The second kappa shape index (κ2) is 6.49. The van der Waals surface area contributed by atoms with Crippen molar-refractivity contribution in [2.45, 2.75) is 20.5 Å². The van der Waals surface area contributed by atoms with Gasteiger partial charge in [-0.2, -0.15) is 0 Å². The summed E-state index contributed by atoms with van der Waals surface area (Å²) in [4.78, 5) is 34.9. The third kappa shape index (κ3) is 4.06. The molecule has 5 heteroatoms. The molecular formula is C14H15NO4. The van der Waals surface area contributed by atoms with Crippen LogP contribution < -0.4 is 0 Å². The largest absolute Gasteiger partial charge is 0.456 e. The normalized spacial score (nSPS) is 9.58. The van der Waals surface area contributed by atoms with Crippen LogP contribution in [0.15, 0.2) is 42.6 Å². The van der Waals surface area contributed by atoms with E-state index in [2.05, 4.69) is 6.58 Å². The van der Waals surface area contributed by atoms with Gasteiger partial charge >= 0.3 is 5.97 Å². The Morgan fingerprint density at radius 3 is 2.11 bits per heavy atom. The fourth-order valence-electron chi connectivity index (χ4n) is 1.50. The van der Waals surface area contributed by atoms with Crippen LogP contribution in [0.3, 0.4) is 0 Å². The Kier molecular flexibility index (Phi) is 5.00. The first-order chi connectivity index (χ1) is 8.93. The molecule has 19 heavy (non-hydrogen) atoms. The zero-order chi connectivity index (χ0) is 14.4. The molecule has 2 amide bonds. The molecule has 100 valence electrons. The number of imide groups is 1. The van der Waals surface area contributed by atoms with Crippen molar-refractivity contribution in [2.24, 2.45) is 0 Å². The standard InChI is InChI=1S/C14H15NO4/c1-10(15(11(2)16)12(3)17)14(18)19-9-13-7-5-4-6-8-13/h4-8H,1,9H2,2-3H3. The van der Waals surface area contributed by atoms with Crippen molar-refractivity contribution in [3.63, 3.8) is 0 Å². The van der Waals surface area contributed by atoms with E-state index < -0.39 is 17.8 Å². The van der Waals surface area contributed by atoms with Gasteiger partial charge in [-0.05, 0) is 5.56 Å². The van der Waals surface area contributed by atoms with Crippen LogP contribution in [-0.2, 0) is 25.7 Å². The van der Waals surface area contributed by atoms with E-state index >= 15 is 0 Å². The number of ether oxygens (including phenoxy) is 1. The molecule has 1 aromatic carbocycles. The minimum absolute atomic E-state index is 0.0579. The summed E-state index contributed by atoms with van der Waals surface area (Å²) in [7, 11) is 0. The second-order valence-electron chi connectivity index (χ2n) is 3.88. The van der Waals surface area contributed by atoms with Crippen molar-refractivity contribution in [2.75, 3.05) is 0 Å². The minimum Gasteiger partial charge on any atom is -0.456 e. The molecule has 0 N–H and O–H groups in total. The number of amides is 2. The Morgan fingerprint density at radius 2 is 1.63 bits per heavy atom. The van der Waals surface area contributed by atoms with E-state index in [9.17, 15) is 14.4 Å². The molecule has 0 radical (unpaired) electrons. The summed E-state index contributed by atoms with van der Waals surface area (Å²) < 4.78 is 4.99. The lowest BCUT2D eigenvalue weighted by atomic mass is 10.2. The Bertz CT molecular complexity index is 493. The minimum atomic E-state index is -0.797. The summed E-state index contributed by atoms with van der Waals surface area (Å²) in [6, 6.07) is 9.07. The molecule has 0 heterocycles. The van der Waals surface area contributed by atoms with Gasteiger partial charge in [-0.3, -0.25) is 9.59 Å². The SMILES string of the molecule is C=C(C(=O)OCc1ccccc1)N(C(C)=O)C(C)=O. The van der Waals surface area contributed by atoms with Crippen LogP contribution in [0, 0.1) is 0 Å². The fourth-order valence-corrected chi connectivity index (χ4v) is 1.50. The zero-order valence-corrected chi connectivity index (χ0v) is 10.9. The number of nitrogens with zero attached hydrogens (tertiary/aromatic N) is 1. The lowest BCUT2D eigenvalue weighted by Crippen LogP contribution is -2.35. The first-order valence-electron chi connectivity index (χ1n) is 5.64. The van der Waals surface area contributed by atoms with Crippen molar-refractivity contribution >= 4 is 17.8 Å². The van der Waals surface area contributed by atoms with Gasteiger partial charge in [-0.1, -0.05) is 36.9 Å². The van der Waals surface area contributed by atoms with Crippen LogP contribution in [0.25, 0.3) is 0 Å². The molecule has 0 aromatic heterocycles. The molecule has 1 rings (SSSR count). The average molecular weight is 261 g/mol. The van der Waals surface area contributed by atoms with Crippen LogP contribution >= 0.6 is 0 Å². The van der Waals surface area contributed by atoms with Gasteiger partial charge in [-0.15, -0.1) is 0 Å². The van der Waals surface area contributed by atoms with Crippen LogP contribution in [0.1, 0.15) is 19.4 Å². The number of carbonyl (C=O) groups is 3. The van der Waals surface area contributed by atoms with Gasteiger partial charge in [0.2, 0.25) is 11.8 Å². The van der Waals surface area contributed by atoms with Gasteiger partial charge in [0.1, 0.15) is 12.3 Å². The molecule has 0 saturated carbocycles. The number of hydrogen-bond acceptors (Lipinski definition) is 4. The summed E-state index contributed by atoms with van der Waals surface area (Å²) in [5, 5.41) is 0. The maximum atomic E-state index is 11.7. The lowest BCUT2D eigenvalue weighted by molar-refractivity contribution is -0.149. The van der Waals surface area contributed by atoms with Crippen molar-refractivity contribution in [3.8, 4) is 0 Å². The summed E-state index contributed by atoms with van der Waals surface area (Å²) in [6.45, 7) is 5.83. The first kappa shape index (κ1) is 14.6. The molecule has 0 atom stereocenters. The number of esters is 1. The number of hydrogen-bond donors (Lipinski definition) is 0. The molecule has 0 aliphatic heterocycles. The average Bonchev–Trinajstić information content (AvgIpc) is 2.36. The highest BCUT2D eigenvalue weighted by atomic mass is 16.5. The van der Waals surface area contributed by atoms with E-state index in [1.54, 1.807) is 12.1 Å². The van der Waals surface area contributed by atoms with E-state index in [1.807, 2.05) is 18.2 Å². The predicted molar refractivity (Wildman–Crippen MR) is 68.6 cm³/mol. The maximum absolute atomic E-state index is 11.7. The second-order valence-corrected chi connectivity index (χ2v) is 3.88. The van der Waals surface area contributed by atoms with Crippen LogP contribution in [-0.4, -0.2) is 22.7 Å². The first-order valence-corrected chi connectivity index (χ1v) is 5.64. The predicted octanol–water partition coefficient (Wildman–Crippen LogP) is 1.64. The van der Waals surface area contributed by atoms with E-state index in [1.165, 1.54) is 13.8 Å². The lowest BCUT2D eigenvalue weighted by Gasteiger charge is -2.18. The highest BCUT2D eigenvalue weighted by molar-refractivity contribution is 6.03. The van der Waals surface area contributed by atoms with E-state index in [-0.39, 0.29) is 12.3 Å².